The third-order valence-electron chi connectivity index (χ3n) is 6.54. The van der Waals surface area contributed by atoms with Crippen LogP contribution in [0.3, 0.4) is 0 Å². The first kappa shape index (κ1) is 34.0. The lowest BCUT2D eigenvalue weighted by Crippen LogP contribution is -2.25. The van der Waals surface area contributed by atoms with Gasteiger partial charge in [0.15, 0.2) is 22.5 Å². The van der Waals surface area contributed by atoms with Crippen molar-refractivity contribution in [2.45, 2.75) is 39.4 Å². The number of amides is 2. The number of nitrogens with one attached hydrogen (secondary N) is 2. The minimum Gasteiger partial charge on any atom is -0.497 e. The number of hydrogen-bond acceptors (Lipinski definition) is 10. The highest BCUT2D eigenvalue weighted by Crippen LogP contribution is 2.39. The Balaban J connectivity index is 1.62. The van der Waals surface area contributed by atoms with Crippen molar-refractivity contribution >= 4 is 29.3 Å². The number of aromatic nitrogens is 3. The second kappa shape index (κ2) is 16.4. The van der Waals surface area contributed by atoms with Gasteiger partial charge in [-0.3, -0.25) is 14.2 Å². The summed E-state index contributed by atoms with van der Waals surface area (Å²) in [6, 6.07) is 16.1. The molecule has 2 N–H and O–H groups in total. The number of ether oxygens (including phenoxy) is 5. The molecule has 0 fully saturated rings. The van der Waals surface area contributed by atoms with Crippen molar-refractivity contribution in [2.24, 2.45) is 0 Å². The molecule has 0 unspecified atom stereocenters. The number of anilines is 1. The number of nitrogens with zero attached hydrogens (tertiary/aromatic N) is 3. The van der Waals surface area contributed by atoms with Crippen LogP contribution in [0.15, 0.2) is 59.8 Å². The number of benzene rings is 3. The van der Waals surface area contributed by atoms with Gasteiger partial charge in [-0.05, 0) is 69.7 Å². The first-order chi connectivity index (χ1) is 22.3. The zero-order valence-electron chi connectivity index (χ0n) is 26.8. The normalized spacial score (nSPS) is 10.7. The van der Waals surface area contributed by atoms with E-state index in [1.165, 1.54) is 11.8 Å². The number of carbonyl (C=O) groups excluding carboxylic acids is 2. The van der Waals surface area contributed by atoms with Crippen LogP contribution in [-0.4, -0.2) is 66.4 Å². The standard InChI is InChI=1S/C33H39N5O7S/c1-7-43-27-16-22(17-28(44-8-2)31(27)45-9-3)32(40)34-19-29-36-37-33(38(29)25-18-24(41-5)13-14-26(25)42-6)46-20-30(39)35-23-12-10-11-21(4)15-23/h10-18H,7-9,19-20H2,1-6H3,(H,34,40)(H,35,39). The fraction of sp³-hybridized carbons (Fsp3) is 0.333. The summed E-state index contributed by atoms with van der Waals surface area (Å²) < 4.78 is 30.2. The zero-order valence-corrected chi connectivity index (χ0v) is 27.7. The van der Waals surface area contributed by atoms with E-state index in [9.17, 15) is 9.59 Å². The molecule has 4 aromatic rings. The Morgan fingerprint density at radius 1 is 0.848 bits per heavy atom. The largest absolute Gasteiger partial charge is 0.497 e. The number of rotatable bonds is 16. The number of methoxy groups -OCH3 is 2. The first-order valence-corrected chi connectivity index (χ1v) is 15.8. The molecule has 46 heavy (non-hydrogen) atoms. The molecular weight excluding hydrogens is 610 g/mol. The molecule has 0 atom stereocenters. The summed E-state index contributed by atoms with van der Waals surface area (Å²) in [7, 11) is 3.12. The van der Waals surface area contributed by atoms with Crippen molar-refractivity contribution in [1.29, 1.82) is 0 Å². The molecule has 0 aliphatic carbocycles. The average Bonchev–Trinajstić information content (AvgIpc) is 3.46. The molecule has 12 nitrogen and oxygen atoms in total. The summed E-state index contributed by atoms with van der Waals surface area (Å²) in [6.07, 6.45) is 0. The van der Waals surface area contributed by atoms with Crippen molar-refractivity contribution in [3.8, 4) is 34.4 Å². The molecule has 3 aromatic carbocycles. The van der Waals surface area contributed by atoms with Crippen molar-refractivity contribution in [3.05, 3.63) is 71.5 Å². The Bertz CT molecular complexity index is 1630. The minimum absolute atomic E-state index is 0.00337. The van der Waals surface area contributed by atoms with Crippen molar-refractivity contribution in [2.75, 3.05) is 45.1 Å². The lowest BCUT2D eigenvalue weighted by molar-refractivity contribution is -0.113. The molecular formula is C33H39N5O7S. The minimum atomic E-state index is -0.385. The summed E-state index contributed by atoms with van der Waals surface area (Å²) in [5.74, 6) is 2.24. The number of hydrogen-bond donors (Lipinski definition) is 2. The molecule has 0 aliphatic heterocycles. The van der Waals surface area contributed by atoms with Gasteiger partial charge in [-0.15, -0.1) is 10.2 Å². The Labute approximate surface area is 272 Å². The van der Waals surface area contributed by atoms with Crippen LogP contribution in [0.2, 0.25) is 0 Å². The summed E-state index contributed by atoms with van der Waals surface area (Å²) >= 11 is 1.20. The molecule has 244 valence electrons. The number of carbonyl (C=O) groups is 2. The van der Waals surface area contributed by atoms with Gasteiger partial charge in [-0.2, -0.15) is 0 Å². The first-order valence-electron chi connectivity index (χ1n) is 14.8. The second-order valence-electron chi connectivity index (χ2n) is 9.76. The Morgan fingerprint density at radius 3 is 2.20 bits per heavy atom. The smallest absolute Gasteiger partial charge is 0.251 e. The molecule has 1 aromatic heterocycles. The van der Waals surface area contributed by atoms with E-state index in [-0.39, 0.29) is 24.1 Å². The predicted octanol–water partition coefficient (Wildman–Crippen LogP) is 5.45. The van der Waals surface area contributed by atoms with Crippen molar-refractivity contribution < 1.29 is 33.3 Å². The summed E-state index contributed by atoms with van der Waals surface area (Å²) in [5.41, 5.74) is 2.65. The molecule has 0 aliphatic rings. The molecule has 1 heterocycles. The van der Waals surface area contributed by atoms with E-state index >= 15 is 0 Å². The van der Waals surface area contributed by atoms with Gasteiger partial charge < -0.3 is 34.3 Å². The summed E-state index contributed by atoms with van der Waals surface area (Å²) in [6.45, 7) is 8.70. The fourth-order valence-corrected chi connectivity index (χ4v) is 5.32. The molecule has 4 rings (SSSR count). The summed E-state index contributed by atoms with van der Waals surface area (Å²) in [4.78, 5) is 26.3. The maximum absolute atomic E-state index is 13.5. The Kier molecular flexibility index (Phi) is 12.1. The molecule has 0 radical (unpaired) electrons. The lowest BCUT2D eigenvalue weighted by Gasteiger charge is -2.17. The molecule has 0 saturated heterocycles. The highest BCUT2D eigenvalue weighted by molar-refractivity contribution is 7.99. The van der Waals surface area contributed by atoms with Gasteiger partial charge >= 0.3 is 0 Å². The lowest BCUT2D eigenvalue weighted by atomic mass is 10.1. The molecule has 13 heteroatoms. The van der Waals surface area contributed by atoms with Crippen LogP contribution in [0.25, 0.3) is 5.69 Å². The summed E-state index contributed by atoms with van der Waals surface area (Å²) in [5, 5.41) is 15.0. The zero-order chi connectivity index (χ0) is 33.1. The third-order valence-corrected chi connectivity index (χ3v) is 7.47. The van der Waals surface area contributed by atoms with Gasteiger partial charge in [-0.25, -0.2) is 0 Å². The van der Waals surface area contributed by atoms with Crippen LogP contribution in [0.5, 0.6) is 28.7 Å². The average molecular weight is 650 g/mol. The van der Waals surface area contributed by atoms with Gasteiger partial charge in [0.1, 0.15) is 11.5 Å². The van der Waals surface area contributed by atoms with E-state index in [1.54, 1.807) is 49.1 Å². The van der Waals surface area contributed by atoms with Gasteiger partial charge in [-0.1, -0.05) is 23.9 Å². The fourth-order valence-electron chi connectivity index (χ4n) is 4.55. The maximum atomic E-state index is 13.5. The number of thioether (sulfide) groups is 1. The van der Waals surface area contributed by atoms with Crippen LogP contribution in [0, 0.1) is 6.92 Å². The number of aryl methyl sites for hydroxylation is 1. The van der Waals surface area contributed by atoms with Gasteiger partial charge in [0.2, 0.25) is 11.7 Å². The van der Waals surface area contributed by atoms with E-state index in [2.05, 4.69) is 20.8 Å². The van der Waals surface area contributed by atoms with E-state index in [4.69, 9.17) is 23.7 Å². The van der Waals surface area contributed by atoms with Crippen LogP contribution in [0.1, 0.15) is 42.5 Å². The Morgan fingerprint density at radius 2 is 1.57 bits per heavy atom. The van der Waals surface area contributed by atoms with Crippen LogP contribution in [-0.2, 0) is 11.3 Å². The van der Waals surface area contributed by atoms with Gasteiger partial charge in [0.25, 0.3) is 5.91 Å². The third kappa shape index (κ3) is 8.42. The predicted molar refractivity (Wildman–Crippen MR) is 176 cm³/mol. The van der Waals surface area contributed by atoms with Crippen LogP contribution >= 0.6 is 11.8 Å². The van der Waals surface area contributed by atoms with E-state index in [1.807, 2.05) is 52.0 Å². The van der Waals surface area contributed by atoms with Crippen molar-refractivity contribution in [3.63, 3.8) is 0 Å². The SMILES string of the molecule is CCOc1cc(C(=O)NCc2nnc(SCC(=O)Nc3cccc(C)c3)n2-c2cc(OC)ccc2OC)cc(OCC)c1OCC. The molecule has 0 bridgehead atoms. The molecule has 0 saturated carbocycles. The van der Waals surface area contributed by atoms with Gasteiger partial charge in [0.05, 0.1) is 52.0 Å². The highest BCUT2D eigenvalue weighted by atomic mass is 32.2. The van der Waals surface area contributed by atoms with Crippen LogP contribution in [0.4, 0.5) is 5.69 Å². The van der Waals surface area contributed by atoms with E-state index < -0.39 is 0 Å². The topological polar surface area (TPSA) is 135 Å². The molecule has 2 amide bonds. The van der Waals surface area contributed by atoms with Gasteiger partial charge in [0, 0.05) is 17.3 Å². The highest BCUT2D eigenvalue weighted by Gasteiger charge is 2.22. The van der Waals surface area contributed by atoms with E-state index in [0.29, 0.717) is 76.5 Å². The quantitative estimate of drug-likeness (QED) is 0.151. The maximum Gasteiger partial charge on any atom is 0.251 e. The molecule has 0 spiro atoms. The Hall–Kier alpha value is -4.91. The van der Waals surface area contributed by atoms with Crippen molar-refractivity contribution in [1.82, 2.24) is 20.1 Å². The van der Waals surface area contributed by atoms with Crippen LogP contribution < -0.4 is 34.3 Å². The van der Waals surface area contributed by atoms with E-state index in [0.717, 1.165) is 5.56 Å². The second-order valence-corrected chi connectivity index (χ2v) is 10.7. The monoisotopic (exact) mass is 649 g/mol.